The van der Waals surface area contributed by atoms with Crippen LogP contribution >= 0.6 is 0 Å². The summed E-state index contributed by atoms with van der Waals surface area (Å²) in [4.78, 5) is 23.5. The van der Waals surface area contributed by atoms with Crippen LogP contribution in [-0.2, 0) is 4.79 Å². The van der Waals surface area contributed by atoms with Gasteiger partial charge in [0.15, 0.2) is 17.3 Å². The van der Waals surface area contributed by atoms with Crippen molar-refractivity contribution < 1.29 is 28.9 Å². The molecule has 0 heterocycles. The zero-order valence-electron chi connectivity index (χ0n) is 12.8. The van der Waals surface area contributed by atoms with Crippen LogP contribution in [0.15, 0.2) is 12.1 Å². The van der Waals surface area contributed by atoms with Crippen LogP contribution in [0.4, 0.5) is 0 Å². The maximum Gasteiger partial charge on any atom is 0.306 e. The van der Waals surface area contributed by atoms with Crippen LogP contribution in [0.1, 0.15) is 24.2 Å². The number of rotatable bonds is 7. The summed E-state index contributed by atoms with van der Waals surface area (Å²) in [5, 5.41) is 9.03. The molecule has 0 aliphatic heterocycles. The Morgan fingerprint density at radius 2 is 1.52 bits per heavy atom. The van der Waals surface area contributed by atoms with Gasteiger partial charge in [0.25, 0.3) is 0 Å². The molecule has 0 radical (unpaired) electrons. The minimum absolute atomic E-state index is 0.242. The summed E-state index contributed by atoms with van der Waals surface area (Å²) in [5.41, 5.74) is 0.274. The second kappa shape index (κ2) is 6.97. The lowest BCUT2D eigenvalue weighted by Gasteiger charge is -2.19. The highest BCUT2D eigenvalue weighted by Gasteiger charge is 2.30. The molecule has 1 aromatic carbocycles. The Morgan fingerprint density at radius 1 is 0.952 bits per heavy atom. The number of benzene rings is 1. The molecule has 2 unspecified atom stereocenters. The predicted molar refractivity (Wildman–Crippen MR) is 76.4 cm³/mol. The number of ketones is 1. The Hall–Kier alpha value is -2.24. The van der Waals surface area contributed by atoms with E-state index >= 15 is 0 Å². The van der Waals surface area contributed by atoms with E-state index in [1.807, 2.05) is 0 Å². The highest BCUT2D eigenvalue weighted by atomic mass is 16.5. The molecule has 1 rings (SSSR count). The summed E-state index contributed by atoms with van der Waals surface area (Å²) >= 11 is 0. The Labute approximate surface area is 123 Å². The Kier molecular flexibility index (Phi) is 5.58. The van der Waals surface area contributed by atoms with Gasteiger partial charge < -0.3 is 19.3 Å². The number of Topliss-reactive ketones (excluding diaryl/α,β-unsaturated/α-hetero) is 1. The largest absolute Gasteiger partial charge is 0.493 e. The zero-order chi connectivity index (χ0) is 16.2. The Bertz CT molecular complexity index is 537. The summed E-state index contributed by atoms with van der Waals surface area (Å²) in [7, 11) is 4.34. The smallest absolute Gasteiger partial charge is 0.306 e. The lowest BCUT2D eigenvalue weighted by atomic mass is 9.88. The molecule has 0 bridgehead atoms. The molecule has 116 valence electrons. The van der Waals surface area contributed by atoms with E-state index < -0.39 is 17.8 Å². The quantitative estimate of drug-likeness (QED) is 0.777. The first kappa shape index (κ1) is 16.8. The molecule has 1 N–H and O–H groups in total. The van der Waals surface area contributed by atoms with Crippen LogP contribution in [0.2, 0.25) is 0 Å². The minimum atomic E-state index is -1.02. The van der Waals surface area contributed by atoms with Gasteiger partial charge in [0.2, 0.25) is 5.75 Å². The van der Waals surface area contributed by atoms with Gasteiger partial charge in [-0.15, -0.1) is 0 Å². The fraction of sp³-hybridized carbons (Fsp3) is 0.467. The average molecular weight is 296 g/mol. The van der Waals surface area contributed by atoms with Gasteiger partial charge in [0.05, 0.1) is 32.8 Å². The van der Waals surface area contributed by atoms with Gasteiger partial charge >= 0.3 is 5.97 Å². The molecule has 0 saturated carbocycles. The van der Waals surface area contributed by atoms with Crippen LogP contribution in [0, 0.1) is 11.8 Å². The van der Waals surface area contributed by atoms with Crippen molar-refractivity contribution in [3.05, 3.63) is 17.7 Å². The van der Waals surface area contributed by atoms with Crippen molar-refractivity contribution in [1.82, 2.24) is 0 Å². The molecular formula is C15H20O6. The van der Waals surface area contributed by atoms with Gasteiger partial charge in [-0.25, -0.2) is 0 Å². The van der Waals surface area contributed by atoms with E-state index in [1.165, 1.54) is 28.3 Å². The van der Waals surface area contributed by atoms with E-state index in [0.29, 0.717) is 11.5 Å². The molecule has 0 aliphatic rings. The molecule has 2 atom stereocenters. The fourth-order valence-electron chi connectivity index (χ4n) is 1.98. The molecule has 0 fully saturated rings. The summed E-state index contributed by atoms with van der Waals surface area (Å²) in [6.45, 7) is 3.08. The highest BCUT2D eigenvalue weighted by molar-refractivity contribution is 6.02. The molecule has 1 aromatic rings. The van der Waals surface area contributed by atoms with Crippen LogP contribution in [0.25, 0.3) is 0 Å². The summed E-state index contributed by atoms with van der Waals surface area (Å²) in [6.07, 6.45) is 0. The first-order valence-electron chi connectivity index (χ1n) is 6.45. The van der Waals surface area contributed by atoms with E-state index in [0.717, 1.165) is 0 Å². The number of carboxylic acid groups (broad SMARTS) is 1. The minimum Gasteiger partial charge on any atom is -0.493 e. The van der Waals surface area contributed by atoms with Gasteiger partial charge in [0, 0.05) is 5.92 Å². The van der Waals surface area contributed by atoms with Crippen molar-refractivity contribution in [3.63, 3.8) is 0 Å². The molecule has 0 aromatic heterocycles. The first-order chi connectivity index (χ1) is 9.88. The monoisotopic (exact) mass is 296 g/mol. The van der Waals surface area contributed by atoms with E-state index in [1.54, 1.807) is 19.1 Å². The molecule has 6 heteroatoms. The van der Waals surface area contributed by atoms with Gasteiger partial charge in [0.1, 0.15) is 0 Å². The average Bonchev–Trinajstić information content (AvgIpc) is 2.50. The van der Waals surface area contributed by atoms with Crippen molar-refractivity contribution >= 4 is 11.8 Å². The van der Waals surface area contributed by atoms with Crippen LogP contribution in [0.3, 0.4) is 0 Å². The standard InChI is InChI=1S/C15H20O6/c1-8(9(2)15(17)18)12(16)10-6-7-11(19-3)14(21-5)13(10)20-4/h6-9H,1-5H3,(H,17,18). The number of hydrogen-bond acceptors (Lipinski definition) is 5. The number of carbonyl (C=O) groups excluding carboxylic acids is 1. The number of aliphatic carboxylic acids is 1. The maximum atomic E-state index is 12.5. The predicted octanol–water partition coefficient (Wildman–Crippen LogP) is 2.25. The molecule has 0 saturated heterocycles. The second-order valence-electron chi connectivity index (χ2n) is 4.66. The maximum absolute atomic E-state index is 12.5. The second-order valence-corrected chi connectivity index (χ2v) is 4.66. The third-order valence-corrected chi connectivity index (χ3v) is 3.52. The molecular weight excluding hydrogens is 276 g/mol. The first-order valence-corrected chi connectivity index (χ1v) is 6.45. The van der Waals surface area contributed by atoms with Crippen LogP contribution in [0.5, 0.6) is 17.2 Å². The highest BCUT2D eigenvalue weighted by Crippen LogP contribution is 2.40. The van der Waals surface area contributed by atoms with E-state index in [4.69, 9.17) is 19.3 Å². The van der Waals surface area contributed by atoms with E-state index in [2.05, 4.69) is 0 Å². The zero-order valence-corrected chi connectivity index (χ0v) is 12.8. The molecule has 0 amide bonds. The molecule has 6 nitrogen and oxygen atoms in total. The van der Waals surface area contributed by atoms with E-state index in [-0.39, 0.29) is 17.1 Å². The van der Waals surface area contributed by atoms with Crippen LogP contribution in [-0.4, -0.2) is 38.2 Å². The van der Waals surface area contributed by atoms with Gasteiger partial charge in [-0.2, -0.15) is 0 Å². The summed E-state index contributed by atoms with van der Waals surface area (Å²) < 4.78 is 15.6. The number of carbonyl (C=O) groups is 2. The fourth-order valence-corrected chi connectivity index (χ4v) is 1.98. The number of hydrogen-bond donors (Lipinski definition) is 1. The van der Waals surface area contributed by atoms with Crippen molar-refractivity contribution in [2.75, 3.05) is 21.3 Å². The molecule has 0 spiro atoms. The van der Waals surface area contributed by atoms with E-state index in [9.17, 15) is 9.59 Å². The number of carboxylic acids is 1. The summed E-state index contributed by atoms with van der Waals surface area (Å²) in [6, 6.07) is 3.14. The summed E-state index contributed by atoms with van der Waals surface area (Å²) in [5.74, 6) is -1.83. The van der Waals surface area contributed by atoms with Gasteiger partial charge in [-0.1, -0.05) is 13.8 Å². The SMILES string of the molecule is COc1ccc(C(=O)C(C)C(C)C(=O)O)c(OC)c1OC. The topological polar surface area (TPSA) is 82.1 Å². The third-order valence-electron chi connectivity index (χ3n) is 3.52. The van der Waals surface area contributed by atoms with Crippen molar-refractivity contribution in [1.29, 1.82) is 0 Å². The van der Waals surface area contributed by atoms with Gasteiger partial charge in [-0.3, -0.25) is 9.59 Å². The normalized spacial score (nSPS) is 13.2. The Balaban J connectivity index is 3.30. The number of ether oxygens (including phenoxy) is 3. The lowest BCUT2D eigenvalue weighted by Crippen LogP contribution is -2.25. The van der Waals surface area contributed by atoms with Crippen molar-refractivity contribution in [3.8, 4) is 17.2 Å². The number of methoxy groups -OCH3 is 3. The Morgan fingerprint density at radius 3 is 1.95 bits per heavy atom. The molecule has 21 heavy (non-hydrogen) atoms. The lowest BCUT2D eigenvalue weighted by molar-refractivity contribution is -0.142. The third kappa shape index (κ3) is 3.26. The van der Waals surface area contributed by atoms with Crippen LogP contribution < -0.4 is 14.2 Å². The molecule has 0 aliphatic carbocycles. The van der Waals surface area contributed by atoms with Gasteiger partial charge in [-0.05, 0) is 12.1 Å². The van der Waals surface area contributed by atoms with Crippen molar-refractivity contribution in [2.45, 2.75) is 13.8 Å². The van der Waals surface area contributed by atoms with Crippen molar-refractivity contribution in [2.24, 2.45) is 11.8 Å².